The van der Waals surface area contributed by atoms with E-state index in [1.165, 1.54) is 24.0 Å². The summed E-state index contributed by atoms with van der Waals surface area (Å²) in [6, 6.07) is 4.92. The van der Waals surface area contributed by atoms with Crippen molar-refractivity contribution in [2.45, 2.75) is 57.7 Å². The molecule has 2 heterocycles. The molecule has 1 aromatic rings. The topological polar surface area (TPSA) is 30.5 Å². The maximum atomic E-state index is 5.82. The van der Waals surface area contributed by atoms with Crippen molar-refractivity contribution in [3.05, 3.63) is 27.7 Å². The Kier molecular flexibility index (Phi) is 5.19. The van der Waals surface area contributed by atoms with E-state index >= 15 is 0 Å². The first-order valence-electron chi connectivity index (χ1n) is 8.05. The third kappa shape index (κ3) is 3.79. The zero-order valence-corrected chi connectivity index (χ0v) is 14.2. The normalized spacial score (nSPS) is 24.7. The van der Waals surface area contributed by atoms with Crippen LogP contribution in [-0.2, 0) is 17.7 Å². The Morgan fingerprint density at radius 3 is 3.10 bits per heavy atom. The van der Waals surface area contributed by atoms with Gasteiger partial charge in [-0.05, 0) is 37.0 Å². The molecule has 0 amide bonds. The Balaban J connectivity index is 1.60. The highest BCUT2D eigenvalue weighted by atomic mass is 79.9. The molecule has 1 N–H and O–H groups in total. The van der Waals surface area contributed by atoms with E-state index in [4.69, 9.17) is 9.47 Å². The van der Waals surface area contributed by atoms with Crippen LogP contribution in [0.2, 0.25) is 0 Å². The summed E-state index contributed by atoms with van der Waals surface area (Å²) in [5, 5.41) is 3.70. The van der Waals surface area contributed by atoms with Gasteiger partial charge in [-0.2, -0.15) is 0 Å². The molecule has 2 aliphatic heterocycles. The van der Waals surface area contributed by atoms with Gasteiger partial charge in [-0.15, -0.1) is 0 Å². The Bertz CT molecular complexity index is 490. The van der Waals surface area contributed by atoms with Crippen molar-refractivity contribution in [2.75, 3.05) is 13.2 Å². The average molecular weight is 354 g/mol. The van der Waals surface area contributed by atoms with Crippen LogP contribution in [-0.4, -0.2) is 25.4 Å². The van der Waals surface area contributed by atoms with E-state index < -0.39 is 0 Å². The molecule has 3 nitrogen and oxygen atoms in total. The first kappa shape index (κ1) is 15.3. The molecule has 1 saturated heterocycles. The lowest BCUT2D eigenvalue weighted by Gasteiger charge is -2.30. The lowest BCUT2D eigenvalue weighted by atomic mass is 9.99. The number of halogens is 1. The molecule has 0 bridgehead atoms. The van der Waals surface area contributed by atoms with Gasteiger partial charge in [-0.1, -0.05) is 29.3 Å². The molecule has 3 rings (SSSR count). The Morgan fingerprint density at radius 2 is 2.24 bits per heavy atom. The average Bonchev–Trinajstić information content (AvgIpc) is 2.93. The van der Waals surface area contributed by atoms with Gasteiger partial charge < -0.3 is 14.8 Å². The summed E-state index contributed by atoms with van der Waals surface area (Å²) in [6.45, 7) is 4.80. The fourth-order valence-electron chi connectivity index (χ4n) is 3.32. The van der Waals surface area contributed by atoms with Crippen LogP contribution < -0.4 is 10.1 Å². The van der Waals surface area contributed by atoms with Crippen molar-refractivity contribution >= 4 is 15.9 Å². The number of ether oxygens (including phenoxy) is 2. The summed E-state index contributed by atoms with van der Waals surface area (Å²) in [7, 11) is 0. The number of rotatable bonds is 5. The van der Waals surface area contributed by atoms with E-state index in [1.807, 2.05) is 0 Å². The number of fused-ring (bicyclic) bond motifs is 1. The van der Waals surface area contributed by atoms with Gasteiger partial charge in [0, 0.05) is 35.7 Å². The largest absolute Gasteiger partial charge is 0.493 e. The van der Waals surface area contributed by atoms with Crippen molar-refractivity contribution in [3.8, 4) is 5.75 Å². The van der Waals surface area contributed by atoms with Crippen molar-refractivity contribution in [3.63, 3.8) is 0 Å². The van der Waals surface area contributed by atoms with E-state index in [1.54, 1.807) is 0 Å². The van der Waals surface area contributed by atoms with Crippen molar-refractivity contribution in [1.29, 1.82) is 0 Å². The number of hydrogen-bond donors (Lipinski definition) is 1. The van der Waals surface area contributed by atoms with E-state index in [2.05, 4.69) is 40.3 Å². The molecule has 4 heteroatoms. The molecule has 0 spiro atoms. The molecule has 2 atom stereocenters. The van der Waals surface area contributed by atoms with E-state index in [9.17, 15) is 0 Å². The van der Waals surface area contributed by atoms with Crippen LogP contribution in [0.15, 0.2) is 16.6 Å². The highest BCUT2D eigenvalue weighted by Crippen LogP contribution is 2.33. The van der Waals surface area contributed by atoms with Crippen LogP contribution in [0.3, 0.4) is 0 Å². The van der Waals surface area contributed by atoms with E-state index in [0.29, 0.717) is 12.1 Å². The Labute approximate surface area is 135 Å². The van der Waals surface area contributed by atoms with Crippen LogP contribution in [0.25, 0.3) is 0 Å². The van der Waals surface area contributed by atoms with E-state index in [0.717, 1.165) is 49.2 Å². The van der Waals surface area contributed by atoms with Crippen molar-refractivity contribution in [2.24, 2.45) is 0 Å². The molecule has 2 unspecified atom stereocenters. The minimum absolute atomic E-state index is 0.436. The van der Waals surface area contributed by atoms with Gasteiger partial charge in [0.05, 0.1) is 12.7 Å². The highest BCUT2D eigenvalue weighted by Gasteiger charge is 2.23. The van der Waals surface area contributed by atoms with Gasteiger partial charge in [0.1, 0.15) is 5.75 Å². The first-order chi connectivity index (χ1) is 10.3. The third-order valence-electron chi connectivity index (χ3n) is 4.38. The predicted molar refractivity (Wildman–Crippen MR) is 87.9 cm³/mol. The van der Waals surface area contributed by atoms with Gasteiger partial charge in [-0.25, -0.2) is 0 Å². The molecule has 0 radical (unpaired) electrons. The van der Waals surface area contributed by atoms with Gasteiger partial charge >= 0.3 is 0 Å². The molecule has 2 aliphatic rings. The summed E-state index contributed by atoms with van der Waals surface area (Å²) in [5.41, 5.74) is 2.60. The second-order valence-corrected chi connectivity index (χ2v) is 6.95. The smallest absolute Gasteiger partial charge is 0.127 e. The molecule has 1 fully saturated rings. The van der Waals surface area contributed by atoms with Crippen LogP contribution in [0.4, 0.5) is 0 Å². The summed E-state index contributed by atoms with van der Waals surface area (Å²) >= 11 is 3.61. The molecular weight excluding hydrogens is 330 g/mol. The Hall–Kier alpha value is -0.580. The van der Waals surface area contributed by atoms with Crippen molar-refractivity contribution < 1.29 is 9.47 Å². The first-order valence-corrected chi connectivity index (χ1v) is 8.84. The number of nitrogens with one attached hydrogen (secondary N) is 1. The molecule has 0 aliphatic carbocycles. The van der Waals surface area contributed by atoms with Gasteiger partial charge in [-0.3, -0.25) is 0 Å². The lowest BCUT2D eigenvalue weighted by Crippen LogP contribution is -2.38. The SMILES string of the molecule is CCCC1CC(NCc2cc(Br)cc3c2OCC3)CCO1. The van der Waals surface area contributed by atoms with Gasteiger partial charge in [0.25, 0.3) is 0 Å². The Morgan fingerprint density at radius 1 is 1.33 bits per heavy atom. The number of hydrogen-bond acceptors (Lipinski definition) is 3. The predicted octanol–water partition coefficient (Wildman–Crippen LogP) is 3.82. The fraction of sp³-hybridized carbons (Fsp3) is 0.647. The van der Waals surface area contributed by atoms with E-state index in [-0.39, 0.29) is 0 Å². The minimum Gasteiger partial charge on any atom is -0.493 e. The zero-order chi connectivity index (χ0) is 14.7. The minimum atomic E-state index is 0.436. The molecule has 0 saturated carbocycles. The quantitative estimate of drug-likeness (QED) is 0.872. The lowest BCUT2D eigenvalue weighted by molar-refractivity contribution is -0.00344. The molecular formula is C17H24BrNO2. The summed E-state index contributed by atoms with van der Waals surface area (Å²) < 4.78 is 12.8. The molecule has 21 heavy (non-hydrogen) atoms. The zero-order valence-electron chi connectivity index (χ0n) is 12.7. The second kappa shape index (κ2) is 7.12. The maximum Gasteiger partial charge on any atom is 0.127 e. The van der Waals surface area contributed by atoms with Crippen LogP contribution in [0.5, 0.6) is 5.75 Å². The van der Waals surface area contributed by atoms with Gasteiger partial charge in [0.2, 0.25) is 0 Å². The second-order valence-electron chi connectivity index (χ2n) is 6.04. The third-order valence-corrected chi connectivity index (χ3v) is 4.84. The molecule has 0 aromatic heterocycles. The van der Waals surface area contributed by atoms with Crippen LogP contribution in [0, 0.1) is 0 Å². The number of benzene rings is 1. The van der Waals surface area contributed by atoms with Crippen LogP contribution in [0.1, 0.15) is 43.7 Å². The summed E-state index contributed by atoms with van der Waals surface area (Å²) in [4.78, 5) is 0. The summed E-state index contributed by atoms with van der Waals surface area (Å²) in [5.74, 6) is 1.10. The van der Waals surface area contributed by atoms with Crippen LogP contribution >= 0.6 is 15.9 Å². The standard InChI is InChI=1S/C17H24BrNO2/c1-2-3-16-10-15(5-7-20-16)19-11-13-9-14(18)8-12-4-6-21-17(12)13/h8-9,15-16,19H,2-7,10-11H2,1H3. The van der Waals surface area contributed by atoms with Gasteiger partial charge in [0.15, 0.2) is 0 Å². The monoisotopic (exact) mass is 353 g/mol. The molecule has 1 aromatic carbocycles. The fourth-order valence-corrected chi connectivity index (χ4v) is 3.87. The summed E-state index contributed by atoms with van der Waals surface area (Å²) in [6.07, 6.45) is 6.07. The van der Waals surface area contributed by atoms with Crippen molar-refractivity contribution in [1.82, 2.24) is 5.32 Å². The maximum absolute atomic E-state index is 5.82. The molecule has 116 valence electrons. The highest BCUT2D eigenvalue weighted by molar-refractivity contribution is 9.10.